The van der Waals surface area contributed by atoms with E-state index in [1.54, 1.807) is 13.8 Å². The summed E-state index contributed by atoms with van der Waals surface area (Å²) < 4.78 is 38.1. The van der Waals surface area contributed by atoms with E-state index in [9.17, 15) is 12.6 Å². The molecule has 0 aliphatic heterocycles. The molecule has 0 radical (unpaired) electrons. The van der Waals surface area contributed by atoms with Crippen molar-refractivity contribution in [2.45, 2.75) is 38.2 Å². The van der Waals surface area contributed by atoms with Gasteiger partial charge in [0, 0.05) is 10.7 Å². The standard InChI is InChI=1S/C3H7ClO2S.C3H8O2S.Na.H/c1-3(2)7(4,5)6;1-3(2)6(4)5;;/h3H,1-2H3;3H,1-2H3,(H,4,5);;/q;;+1;-1. The summed E-state index contributed by atoms with van der Waals surface area (Å²) in [7, 11) is 1.57. The van der Waals surface area contributed by atoms with Crippen LogP contribution >= 0.6 is 10.7 Å². The normalized spacial score (nSPS) is 12.9. The molecular formula is C6H16ClNaO4S2. The third-order valence-corrected chi connectivity index (χ3v) is 3.97. The van der Waals surface area contributed by atoms with Crippen molar-refractivity contribution < 1.29 is 48.2 Å². The van der Waals surface area contributed by atoms with Gasteiger partial charge in [-0.3, -0.25) is 0 Å². The average Bonchev–Trinajstić information content (AvgIpc) is 1.86. The zero-order valence-corrected chi connectivity index (χ0v) is 13.4. The first-order valence-electron chi connectivity index (χ1n) is 3.62. The molecule has 0 saturated carbocycles. The summed E-state index contributed by atoms with van der Waals surface area (Å²) in [6, 6.07) is 0. The van der Waals surface area contributed by atoms with Crippen LogP contribution < -0.4 is 29.6 Å². The molecule has 0 saturated heterocycles. The van der Waals surface area contributed by atoms with Crippen molar-refractivity contribution in [3.05, 3.63) is 0 Å². The van der Waals surface area contributed by atoms with Crippen LogP contribution in [0.1, 0.15) is 29.1 Å². The number of hydrogen-bond acceptors (Lipinski definition) is 3. The number of halogens is 1. The Kier molecular flexibility index (Phi) is 14.2. The van der Waals surface area contributed by atoms with Crippen LogP contribution in [0.4, 0.5) is 0 Å². The van der Waals surface area contributed by atoms with Gasteiger partial charge in [0.25, 0.3) is 0 Å². The zero-order valence-electron chi connectivity index (χ0n) is 10.0. The van der Waals surface area contributed by atoms with Gasteiger partial charge in [-0.25, -0.2) is 12.6 Å². The molecule has 0 rings (SSSR count). The van der Waals surface area contributed by atoms with E-state index in [1.165, 1.54) is 13.8 Å². The average molecular weight is 275 g/mol. The van der Waals surface area contributed by atoms with E-state index >= 15 is 0 Å². The Hall–Kier alpha value is 1.35. The predicted molar refractivity (Wildman–Crippen MR) is 56.9 cm³/mol. The van der Waals surface area contributed by atoms with Gasteiger partial charge >= 0.3 is 29.6 Å². The molecule has 0 spiro atoms. The Morgan fingerprint density at radius 3 is 1.43 bits per heavy atom. The van der Waals surface area contributed by atoms with Gasteiger partial charge in [0.15, 0.2) is 11.1 Å². The Morgan fingerprint density at radius 1 is 1.29 bits per heavy atom. The molecule has 0 aromatic heterocycles. The summed E-state index contributed by atoms with van der Waals surface area (Å²) in [6.45, 7) is 6.44. The van der Waals surface area contributed by atoms with Crippen LogP contribution in [0.5, 0.6) is 0 Å². The molecule has 0 aromatic rings. The Morgan fingerprint density at radius 2 is 1.43 bits per heavy atom. The van der Waals surface area contributed by atoms with Gasteiger partial charge in [0.2, 0.25) is 9.05 Å². The summed E-state index contributed by atoms with van der Waals surface area (Å²) in [4.78, 5) is 0. The summed E-state index contributed by atoms with van der Waals surface area (Å²) in [5.74, 6) is 0. The number of rotatable bonds is 2. The van der Waals surface area contributed by atoms with E-state index in [0.29, 0.717) is 0 Å². The first-order valence-corrected chi connectivity index (χ1v) is 7.16. The van der Waals surface area contributed by atoms with Gasteiger partial charge in [-0.05, 0) is 27.7 Å². The van der Waals surface area contributed by atoms with Crippen LogP contribution in [0.25, 0.3) is 0 Å². The largest absolute Gasteiger partial charge is 1.00 e. The molecule has 0 aliphatic carbocycles. The van der Waals surface area contributed by atoms with Crippen LogP contribution in [-0.4, -0.2) is 27.7 Å². The molecule has 0 bridgehead atoms. The van der Waals surface area contributed by atoms with Gasteiger partial charge < -0.3 is 5.98 Å². The maximum Gasteiger partial charge on any atom is 1.00 e. The van der Waals surface area contributed by atoms with Gasteiger partial charge in [-0.1, -0.05) is 0 Å². The zero-order chi connectivity index (χ0) is 11.2. The van der Waals surface area contributed by atoms with Crippen molar-refractivity contribution in [1.82, 2.24) is 0 Å². The Bertz CT molecular complexity index is 256. The summed E-state index contributed by atoms with van der Waals surface area (Å²) in [6.07, 6.45) is 0. The molecule has 0 heterocycles. The van der Waals surface area contributed by atoms with E-state index in [2.05, 4.69) is 0 Å². The second kappa shape index (κ2) is 9.57. The third kappa shape index (κ3) is 15.8. The van der Waals surface area contributed by atoms with Gasteiger partial charge in [0.1, 0.15) is 0 Å². The number of hydrogen-bond donors (Lipinski definition) is 1. The van der Waals surface area contributed by atoms with E-state index in [1.807, 2.05) is 0 Å². The topological polar surface area (TPSA) is 71.4 Å². The van der Waals surface area contributed by atoms with E-state index in [-0.39, 0.29) is 36.2 Å². The van der Waals surface area contributed by atoms with Crippen LogP contribution in [-0.2, 0) is 20.1 Å². The first kappa shape index (κ1) is 20.7. The molecule has 84 valence electrons. The SMILES string of the molecule is CC(C)S(=O)(=O)Cl.CC(C)S(=O)O.[H-].[Na+]. The molecule has 14 heavy (non-hydrogen) atoms. The molecule has 4 nitrogen and oxygen atoms in total. The van der Waals surface area contributed by atoms with Crippen molar-refractivity contribution >= 4 is 30.8 Å². The smallest absolute Gasteiger partial charge is 1.00 e. The van der Waals surface area contributed by atoms with Crippen molar-refractivity contribution in [3.63, 3.8) is 0 Å². The fraction of sp³-hybridized carbons (Fsp3) is 1.00. The molecule has 0 aliphatic rings. The van der Waals surface area contributed by atoms with Crippen molar-refractivity contribution in [1.29, 1.82) is 0 Å². The maximum absolute atomic E-state index is 10.1. The van der Waals surface area contributed by atoms with Crippen molar-refractivity contribution in [2.75, 3.05) is 0 Å². The predicted octanol–water partition coefficient (Wildman–Crippen LogP) is -1.30. The molecule has 8 heteroatoms. The van der Waals surface area contributed by atoms with Crippen LogP contribution in [0, 0.1) is 0 Å². The van der Waals surface area contributed by atoms with Crippen LogP contribution in [0.3, 0.4) is 0 Å². The van der Waals surface area contributed by atoms with Crippen molar-refractivity contribution in [3.8, 4) is 0 Å². The fourth-order valence-corrected chi connectivity index (χ4v) is 0. The summed E-state index contributed by atoms with van der Waals surface area (Å²) in [5.41, 5.74) is 0. The Balaban J connectivity index is -0.0000000718. The molecule has 1 atom stereocenters. The molecule has 0 aromatic carbocycles. The van der Waals surface area contributed by atoms with Gasteiger partial charge in [-0.2, -0.15) is 0 Å². The minimum atomic E-state index is -3.27. The van der Waals surface area contributed by atoms with Crippen LogP contribution in [0.15, 0.2) is 0 Å². The third-order valence-electron chi connectivity index (χ3n) is 0.966. The maximum atomic E-state index is 10.1. The molecule has 1 unspecified atom stereocenters. The second-order valence-electron chi connectivity index (χ2n) is 2.85. The summed E-state index contributed by atoms with van der Waals surface area (Å²) >= 11 is -1.62. The quantitative estimate of drug-likeness (QED) is 0.386. The second-order valence-corrected chi connectivity index (χ2v) is 7.53. The molecule has 1 N–H and O–H groups in total. The van der Waals surface area contributed by atoms with E-state index in [0.717, 1.165) is 0 Å². The molecule has 0 fully saturated rings. The van der Waals surface area contributed by atoms with E-state index < -0.39 is 25.4 Å². The van der Waals surface area contributed by atoms with Gasteiger partial charge in [0.05, 0.1) is 10.5 Å². The minimum Gasteiger partial charge on any atom is -1.00 e. The van der Waals surface area contributed by atoms with Crippen LogP contribution in [0.2, 0.25) is 0 Å². The first-order chi connectivity index (χ1) is 5.59. The fourth-order valence-electron chi connectivity index (χ4n) is 0. The minimum absolute atomic E-state index is 0. The van der Waals surface area contributed by atoms with Crippen molar-refractivity contribution in [2.24, 2.45) is 0 Å². The summed E-state index contributed by atoms with van der Waals surface area (Å²) in [5, 5.41) is -0.584. The monoisotopic (exact) mass is 274 g/mol. The van der Waals surface area contributed by atoms with Gasteiger partial charge in [-0.15, -0.1) is 0 Å². The van der Waals surface area contributed by atoms with E-state index in [4.69, 9.17) is 15.2 Å². The molecular weight excluding hydrogens is 259 g/mol. The Labute approximate surface area is 116 Å². The molecule has 0 amide bonds.